The highest BCUT2D eigenvalue weighted by atomic mass is 32.2. The molecule has 1 atom stereocenters. The fourth-order valence-electron chi connectivity index (χ4n) is 3.73. The molecular formula is C23H47O3S. The molecule has 1 N–H and O–H groups in total. The smallest absolute Gasteiger partial charge is 0.267 e. The van der Waals surface area contributed by atoms with Crippen molar-refractivity contribution < 1.29 is 13.0 Å². The molecule has 0 bridgehead atoms. The van der Waals surface area contributed by atoms with Crippen LogP contribution in [0.2, 0.25) is 0 Å². The largest absolute Gasteiger partial charge is 0.285 e. The first kappa shape index (κ1) is 26.9. The average Bonchev–Trinajstić information content (AvgIpc) is 2.62. The molecule has 0 aliphatic heterocycles. The van der Waals surface area contributed by atoms with Crippen LogP contribution >= 0.6 is 0 Å². The summed E-state index contributed by atoms with van der Waals surface area (Å²) in [5, 5.41) is -0.542. The third-order valence-corrected chi connectivity index (χ3v) is 6.89. The van der Waals surface area contributed by atoms with Gasteiger partial charge in [0.1, 0.15) is 0 Å². The van der Waals surface area contributed by atoms with E-state index in [4.69, 9.17) is 0 Å². The second-order valence-corrected chi connectivity index (χ2v) is 9.92. The van der Waals surface area contributed by atoms with Crippen LogP contribution in [0.3, 0.4) is 0 Å². The lowest BCUT2D eigenvalue weighted by Gasteiger charge is -2.13. The Morgan fingerprint density at radius 3 is 1.30 bits per heavy atom. The summed E-state index contributed by atoms with van der Waals surface area (Å²) in [4.78, 5) is 0. The van der Waals surface area contributed by atoms with Crippen LogP contribution in [0.4, 0.5) is 0 Å². The molecule has 0 heterocycles. The molecule has 0 aromatic heterocycles. The Morgan fingerprint density at radius 2 is 0.963 bits per heavy atom. The van der Waals surface area contributed by atoms with Gasteiger partial charge in [-0.15, -0.1) is 0 Å². The van der Waals surface area contributed by atoms with Crippen molar-refractivity contribution in [3.8, 4) is 0 Å². The van der Waals surface area contributed by atoms with E-state index in [1.807, 2.05) is 0 Å². The van der Waals surface area contributed by atoms with E-state index in [-0.39, 0.29) is 0 Å². The van der Waals surface area contributed by atoms with E-state index >= 15 is 0 Å². The maximum atomic E-state index is 11.6. The minimum Gasteiger partial charge on any atom is -0.285 e. The Bertz CT molecular complexity index is 370. The predicted octanol–water partition coefficient (Wildman–Crippen LogP) is 7.90. The molecule has 0 rings (SSSR count). The number of hydrogen-bond donors (Lipinski definition) is 1. The molecule has 4 heteroatoms. The maximum absolute atomic E-state index is 11.6. The first-order chi connectivity index (χ1) is 13.0. The molecule has 0 aromatic carbocycles. The van der Waals surface area contributed by atoms with Crippen LogP contribution in [0, 0.1) is 6.92 Å². The number of unbranched alkanes of at least 4 members (excludes halogenated alkanes) is 16. The molecule has 0 amide bonds. The summed E-state index contributed by atoms with van der Waals surface area (Å²) < 4.78 is 32.7. The van der Waals surface area contributed by atoms with Gasteiger partial charge in [0.2, 0.25) is 0 Å². The first-order valence-electron chi connectivity index (χ1n) is 11.8. The van der Waals surface area contributed by atoms with Crippen LogP contribution in [0.25, 0.3) is 0 Å². The van der Waals surface area contributed by atoms with Crippen LogP contribution in [0.1, 0.15) is 135 Å². The van der Waals surface area contributed by atoms with Crippen LogP contribution in [-0.4, -0.2) is 18.2 Å². The lowest BCUT2D eigenvalue weighted by Crippen LogP contribution is -2.20. The van der Waals surface area contributed by atoms with Gasteiger partial charge in [-0.25, -0.2) is 0 Å². The Morgan fingerprint density at radius 1 is 0.630 bits per heavy atom. The van der Waals surface area contributed by atoms with Gasteiger partial charge in [0.05, 0.1) is 5.25 Å². The van der Waals surface area contributed by atoms with E-state index in [1.54, 1.807) is 0 Å². The molecular weight excluding hydrogens is 356 g/mol. The molecule has 27 heavy (non-hydrogen) atoms. The molecule has 163 valence electrons. The van der Waals surface area contributed by atoms with Crippen LogP contribution in [0.15, 0.2) is 0 Å². The summed E-state index contributed by atoms with van der Waals surface area (Å²) in [7, 11) is -3.89. The van der Waals surface area contributed by atoms with Gasteiger partial charge in [0.15, 0.2) is 0 Å². The average molecular weight is 404 g/mol. The van der Waals surface area contributed by atoms with Crippen molar-refractivity contribution in [1.29, 1.82) is 0 Å². The Hall–Kier alpha value is -0.0900. The zero-order valence-electron chi connectivity index (χ0n) is 18.1. The standard InChI is InChI=1S/C23H47O3S/c1-3-5-7-9-11-13-15-17-19-21-23(27(24,25)26)22-20-18-16-14-12-10-8-6-4-2/h23H,1,3-22H2,2H3,(H,24,25,26). The van der Waals surface area contributed by atoms with Crippen molar-refractivity contribution in [3.05, 3.63) is 6.92 Å². The Labute approximate surface area is 170 Å². The zero-order chi connectivity index (χ0) is 20.2. The minimum atomic E-state index is -3.89. The van der Waals surface area contributed by atoms with E-state index in [0.717, 1.165) is 32.1 Å². The molecule has 0 saturated carbocycles. The summed E-state index contributed by atoms with van der Waals surface area (Å²) >= 11 is 0. The van der Waals surface area contributed by atoms with Gasteiger partial charge in [0.25, 0.3) is 10.1 Å². The fraction of sp³-hybridized carbons (Fsp3) is 0.957. The van der Waals surface area contributed by atoms with Crippen LogP contribution in [0.5, 0.6) is 0 Å². The molecule has 0 saturated heterocycles. The van der Waals surface area contributed by atoms with Crippen molar-refractivity contribution in [2.75, 3.05) is 0 Å². The summed E-state index contributed by atoms with van der Waals surface area (Å²) in [5.41, 5.74) is 0. The van der Waals surface area contributed by atoms with E-state index < -0.39 is 15.4 Å². The summed E-state index contributed by atoms with van der Waals surface area (Å²) in [6.45, 7) is 6.09. The number of hydrogen-bond acceptors (Lipinski definition) is 2. The summed E-state index contributed by atoms with van der Waals surface area (Å²) in [6.07, 6.45) is 22.9. The van der Waals surface area contributed by atoms with Crippen LogP contribution in [-0.2, 0) is 10.1 Å². The highest BCUT2D eigenvalue weighted by Crippen LogP contribution is 2.19. The Kier molecular flexibility index (Phi) is 19.2. The van der Waals surface area contributed by atoms with Gasteiger partial charge in [-0.3, -0.25) is 4.55 Å². The third-order valence-electron chi connectivity index (χ3n) is 5.58. The van der Waals surface area contributed by atoms with Gasteiger partial charge in [0, 0.05) is 0 Å². The van der Waals surface area contributed by atoms with E-state index in [0.29, 0.717) is 12.8 Å². The molecule has 3 nitrogen and oxygen atoms in total. The summed E-state index contributed by atoms with van der Waals surface area (Å²) in [6, 6.07) is 0. The van der Waals surface area contributed by atoms with Gasteiger partial charge in [-0.2, -0.15) is 8.42 Å². The lowest BCUT2D eigenvalue weighted by molar-refractivity contribution is 0.442. The highest BCUT2D eigenvalue weighted by Gasteiger charge is 2.21. The van der Waals surface area contributed by atoms with Gasteiger partial charge in [-0.05, 0) is 12.8 Å². The van der Waals surface area contributed by atoms with Crippen molar-refractivity contribution >= 4 is 10.1 Å². The van der Waals surface area contributed by atoms with Crippen molar-refractivity contribution in [3.63, 3.8) is 0 Å². The van der Waals surface area contributed by atoms with Gasteiger partial charge in [-0.1, -0.05) is 129 Å². The fourth-order valence-corrected chi connectivity index (χ4v) is 4.66. The molecule has 0 aromatic rings. The predicted molar refractivity (Wildman–Crippen MR) is 119 cm³/mol. The quantitative estimate of drug-likeness (QED) is 0.156. The topological polar surface area (TPSA) is 54.4 Å². The third kappa shape index (κ3) is 19.0. The van der Waals surface area contributed by atoms with Gasteiger partial charge >= 0.3 is 0 Å². The minimum absolute atomic E-state index is 0.542. The SMILES string of the molecule is [CH2]CCCCCCCCCCC(CCCCCCCCCCC)S(=O)(=O)O. The normalized spacial score (nSPS) is 12.1. The van der Waals surface area contributed by atoms with E-state index in [9.17, 15) is 13.0 Å². The van der Waals surface area contributed by atoms with Crippen LogP contribution < -0.4 is 0 Å². The van der Waals surface area contributed by atoms with E-state index in [1.165, 1.54) is 83.5 Å². The summed E-state index contributed by atoms with van der Waals surface area (Å²) in [5.74, 6) is 0. The lowest BCUT2D eigenvalue weighted by atomic mass is 10.0. The zero-order valence-corrected chi connectivity index (χ0v) is 18.9. The molecule has 0 spiro atoms. The molecule has 1 radical (unpaired) electrons. The van der Waals surface area contributed by atoms with E-state index in [2.05, 4.69) is 13.8 Å². The van der Waals surface area contributed by atoms with Gasteiger partial charge < -0.3 is 0 Å². The second-order valence-electron chi connectivity index (χ2n) is 8.22. The Balaban J connectivity index is 3.67. The molecule has 0 fully saturated rings. The van der Waals surface area contributed by atoms with Crippen molar-refractivity contribution in [2.45, 2.75) is 141 Å². The highest BCUT2D eigenvalue weighted by molar-refractivity contribution is 7.86. The maximum Gasteiger partial charge on any atom is 0.267 e. The van der Waals surface area contributed by atoms with Crippen molar-refractivity contribution in [2.24, 2.45) is 0 Å². The molecule has 0 aliphatic carbocycles. The molecule has 0 aliphatic rings. The monoisotopic (exact) mass is 403 g/mol. The second kappa shape index (κ2) is 19.2. The number of rotatable bonds is 21. The van der Waals surface area contributed by atoms with Crippen molar-refractivity contribution in [1.82, 2.24) is 0 Å². The first-order valence-corrected chi connectivity index (χ1v) is 13.3. The molecule has 1 unspecified atom stereocenters.